The molecule has 0 unspecified atom stereocenters. The largest absolute Gasteiger partial charge is 0.355 e. The summed E-state index contributed by atoms with van der Waals surface area (Å²) in [5.41, 5.74) is 2.06. The number of aryl methyl sites for hydroxylation is 1. The lowest BCUT2D eigenvalue weighted by Crippen LogP contribution is -2.30. The first-order valence-electron chi connectivity index (χ1n) is 8.80. The van der Waals surface area contributed by atoms with E-state index >= 15 is 0 Å². The fraction of sp³-hybridized carbons (Fsp3) is 0.143. The van der Waals surface area contributed by atoms with E-state index in [2.05, 4.69) is 9.71 Å². The molecule has 0 spiro atoms. The summed E-state index contributed by atoms with van der Waals surface area (Å²) in [5.74, 6) is -0.630. The van der Waals surface area contributed by atoms with E-state index in [1.807, 2.05) is 6.92 Å². The molecule has 2 aromatic carbocycles. The third-order valence-corrected chi connectivity index (χ3v) is 5.62. The van der Waals surface area contributed by atoms with E-state index in [0.29, 0.717) is 12.4 Å². The number of nitrogens with one attached hydrogen (secondary N) is 1. The van der Waals surface area contributed by atoms with Gasteiger partial charge < -0.3 is 4.90 Å². The van der Waals surface area contributed by atoms with Gasteiger partial charge in [-0.05, 0) is 42.8 Å². The number of carbonyl (C=O) groups excluding carboxylic acids is 1. The molecule has 3 aromatic rings. The highest BCUT2D eigenvalue weighted by Gasteiger charge is 2.20. The minimum Gasteiger partial charge on any atom is -0.355 e. The molecule has 6 nitrogen and oxygen atoms in total. The number of sulfonamides is 1. The van der Waals surface area contributed by atoms with Gasteiger partial charge in [0.25, 0.3) is 15.9 Å². The summed E-state index contributed by atoms with van der Waals surface area (Å²) in [6, 6.07) is 15.3. The third kappa shape index (κ3) is 5.17. The average molecular weight is 413 g/mol. The fourth-order valence-corrected chi connectivity index (χ4v) is 3.65. The highest BCUT2D eigenvalue weighted by molar-refractivity contribution is 7.90. The van der Waals surface area contributed by atoms with Crippen molar-refractivity contribution in [2.45, 2.75) is 18.4 Å². The van der Waals surface area contributed by atoms with Gasteiger partial charge in [0.05, 0.1) is 4.90 Å². The van der Waals surface area contributed by atoms with Gasteiger partial charge in [-0.25, -0.2) is 22.5 Å². The molecule has 0 fully saturated rings. The van der Waals surface area contributed by atoms with Gasteiger partial charge in [-0.3, -0.25) is 4.79 Å². The molecular weight excluding hydrogens is 393 g/mol. The molecule has 0 aliphatic heterocycles. The van der Waals surface area contributed by atoms with Crippen LogP contribution in [0.25, 0.3) is 0 Å². The molecular formula is C21H20FN3O3S. The molecule has 0 saturated heterocycles. The van der Waals surface area contributed by atoms with E-state index in [-0.39, 0.29) is 16.3 Å². The van der Waals surface area contributed by atoms with E-state index in [4.69, 9.17) is 0 Å². The Morgan fingerprint density at radius 1 is 1.07 bits per heavy atom. The number of aromatic nitrogens is 1. The van der Waals surface area contributed by atoms with Crippen LogP contribution in [0.15, 0.2) is 71.8 Å². The molecule has 0 bridgehead atoms. The number of halogens is 1. The van der Waals surface area contributed by atoms with Crippen LogP contribution in [0.5, 0.6) is 0 Å². The summed E-state index contributed by atoms with van der Waals surface area (Å²) in [6.07, 6.45) is 1.36. The molecule has 1 N–H and O–H groups in total. The van der Waals surface area contributed by atoms with Crippen LogP contribution in [-0.4, -0.2) is 26.4 Å². The fourth-order valence-electron chi connectivity index (χ4n) is 2.67. The molecule has 0 radical (unpaired) electrons. The normalized spacial score (nSPS) is 11.1. The maximum atomic E-state index is 13.1. The Hall–Kier alpha value is -3.26. The number of hydrogen-bond donors (Lipinski definition) is 1. The van der Waals surface area contributed by atoms with Crippen LogP contribution >= 0.6 is 0 Å². The van der Waals surface area contributed by atoms with Crippen molar-refractivity contribution in [2.75, 3.05) is 11.9 Å². The Bertz CT molecular complexity index is 1110. The third-order valence-electron chi connectivity index (χ3n) is 4.29. The van der Waals surface area contributed by atoms with Gasteiger partial charge in [0.15, 0.2) is 0 Å². The second-order valence-electron chi connectivity index (χ2n) is 6.63. The Kier molecular flexibility index (Phi) is 5.93. The second kappa shape index (κ2) is 8.40. The zero-order valence-corrected chi connectivity index (χ0v) is 16.8. The predicted molar refractivity (Wildman–Crippen MR) is 109 cm³/mol. The van der Waals surface area contributed by atoms with E-state index < -0.39 is 15.9 Å². The molecule has 1 heterocycles. The number of hydrogen-bond acceptors (Lipinski definition) is 5. The summed E-state index contributed by atoms with van der Waals surface area (Å²) < 4.78 is 40.4. The van der Waals surface area contributed by atoms with Crippen molar-refractivity contribution in [3.05, 3.63) is 89.4 Å². The first-order valence-corrected chi connectivity index (χ1v) is 10.3. The van der Waals surface area contributed by atoms with Gasteiger partial charge in [0.2, 0.25) is 0 Å². The lowest BCUT2D eigenvalue weighted by Gasteiger charge is -2.19. The second-order valence-corrected chi connectivity index (χ2v) is 8.32. The predicted octanol–water partition coefficient (Wildman–Crippen LogP) is 3.28. The Labute approximate surface area is 169 Å². The molecule has 0 aliphatic rings. The van der Waals surface area contributed by atoms with Gasteiger partial charge in [0, 0.05) is 31.4 Å². The van der Waals surface area contributed by atoms with Crippen LogP contribution in [-0.2, 0) is 16.6 Å². The minimum atomic E-state index is -4.07. The van der Waals surface area contributed by atoms with Crippen molar-refractivity contribution in [1.82, 2.24) is 9.71 Å². The monoisotopic (exact) mass is 413 g/mol. The molecule has 0 saturated carbocycles. The average Bonchev–Trinajstić information content (AvgIpc) is 2.70. The van der Waals surface area contributed by atoms with Crippen molar-refractivity contribution in [1.29, 1.82) is 0 Å². The maximum Gasteiger partial charge on any atom is 0.264 e. The number of carbonyl (C=O) groups is 1. The van der Waals surface area contributed by atoms with Gasteiger partial charge in [0.1, 0.15) is 11.6 Å². The SMILES string of the molecule is Cc1ccc(C(=O)NS(=O)(=O)c2ccnc(N(C)Cc3ccc(F)cc3)c2)cc1. The smallest absolute Gasteiger partial charge is 0.264 e. The molecule has 1 amide bonds. The topological polar surface area (TPSA) is 79.4 Å². The lowest BCUT2D eigenvalue weighted by molar-refractivity contribution is 0.0981. The van der Waals surface area contributed by atoms with Crippen molar-refractivity contribution in [3.8, 4) is 0 Å². The van der Waals surface area contributed by atoms with Gasteiger partial charge >= 0.3 is 0 Å². The van der Waals surface area contributed by atoms with E-state index in [9.17, 15) is 17.6 Å². The van der Waals surface area contributed by atoms with Crippen molar-refractivity contribution in [2.24, 2.45) is 0 Å². The minimum absolute atomic E-state index is 0.0751. The highest BCUT2D eigenvalue weighted by Crippen LogP contribution is 2.18. The number of amides is 1. The first kappa shape index (κ1) is 20.5. The zero-order chi connectivity index (χ0) is 21.0. The maximum absolute atomic E-state index is 13.1. The van der Waals surface area contributed by atoms with Gasteiger partial charge in [-0.1, -0.05) is 29.8 Å². The van der Waals surface area contributed by atoms with E-state index in [0.717, 1.165) is 11.1 Å². The lowest BCUT2D eigenvalue weighted by atomic mass is 10.1. The number of benzene rings is 2. The van der Waals surface area contributed by atoms with Crippen LogP contribution in [0.3, 0.4) is 0 Å². The number of pyridine rings is 1. The summed E-state index contributed by atoms with van der Waals surface area (Å²) in [4.78, 5) is 18.1. The van der Waals surface area contributed by atoms with Crippen molar-refractivity contribution >= 4 is 21.7 Å². The Balaban J connectivity index is 1.77. The molecule has 3 rings (SSSR count). The van der Waals surface area contributed by atoms with Crippen LogP contribution in [0.2, 0.25) is 0 Å². The summed E-state index contributed by atoms with van der Waals surface area (Å²) in [5, 5.41) is 0. The number of anilines is 1. The van der Waals surface area contributed by atoms with Gasteiger partial charge in [-0.15, -0.1) is 0 Å². The quantitative estimate of drug-likeness (QED) is 0.671. The number of rotatable bonds is 6. The van der Waals surface area contributed by atoms with Crippen molar-refractivity contribution in [3.63, 3.8) is 0 Å². The van der Waals surface area contributed by atoms with Crippen LogP contribution < -0.4 is 9.62 Å². The molecule has 29 heavy (non-hydrogen) atoms. The van der Waals surface area contributed by atoms with Crippen LogP contribution in [0.4, 0.5) is 10.2 Å². The molecule has 0 aliphatic carbocycles. The molecule has 0 atom stereocenters. The standard InChI is InChI=1S/C21H20FN3O3S/c1-15-3-7-17(8-4-15)21(26)24-29(27,28)19-11-12-23-20(13-19)25(2)14-16-5-9-18(22)10-6-16/h3-13H,14H2,1-2H3,(H,24,26). The summed E-state index contributed by atoms with van der Waals surface area (Å²) in [6.45, 7) is 2.28. The highest BCUT2D eigenvalue weighted by atomic mass is 32.2. The molecule has 8 heteroatoms. The number of nitrogens with zero attached hydrogens (tertiary/aromatic N) is 2. The van der Waals surface area contributed by atoms with Gasteiger partial charge in [-0.2, -0.15) is 0 Å². The summed E-state index contributed by atoms with van der Waals surface area (Å²) >= 11 is 0. The van der Waals surface area contributed by atoms with Crippen LogP contribution in [0, 0.1) is 12.7 Å². The summed E-state index contributed by atoms with van der Waals surface area (Å²) in [7, 11) is -2.33. The molecule has 150 valence electrons. The Morgan fingerprint density at radius 3 is 2.38 bits per heavy atom. The van der Waals surface area contributed by atoms with E-state index in [1.165, 1.54) is 30.5 Å². The van der Waals surface area contributed by atoms with Crippen molar-refractivity contribution < 1.29 is 17.6 Å². The molecule has 1 aromatic heterocycles. The van der Waals surface area contributed by atoms with E-state index in [1.54, 1.807) is 48.3 Å². The zero-order valence-electron chi connectivity index (χ0n) is 16.0. The first-order chi connectivity index (χ1) is 13.7. The Morgan fingerprint density at radius 2 is 1.72 bits per heavy atom. The van der Waals surface area contributed by atoms with Crippen LogP contribution in [0.1, 0.15) is 21.5 Å².